The highest BCUT2D eigenvalue weighted by Gasteiger charge is 2.12. The molecule has 0 atom stereocenters. The molecule has 0 aliphatic heterocycles. The average Bonchev–Trinajstić information content (AvgIpc) is 2.88. The van der Waals surface area contributed by atoms with E-state index in [9.17, 15) is 0 Å². The first kappa shape index (κ1) is 15.3. The Bertz CT molecular complexity index is 735. The predicted molar refractivity (Wildman–Crippen MR) is 86.5 cm³/mol. The Morgan fingerprint density at radius 2 is 1.76 bits per heavy atom. The van der Waals surface area contributed by atoms with Crippen LogP contribution < -0.4 is 4.74 Å². The van der Waals surface area contributed by atoms with E-state index in [-0.39, 0.29) is 0 Å². The van der Waals surface area contributed by atoms with E-state index in [0.717, 1.165) is 28.0 Å². The van der Waals surface area contributed by atoms with Crippen molar-refractivity contribution in [1.82, 2.24) is 14.5 Å². The first-order chi connectivity index (χ1) is 10.2. The van der Waals surface area contributed by atoms with Gasteiger partial charge in [-0.25, -0.2) is 9.97 Å². The van der Waals surface area contributed by atoms with Crippen molar-refractivity contribution >= 4 is 22.6 Å². The quantitative estimate of drug-likeness (QED) is 0.658. The summed E-state index contributed by atoms with van der Waals surface area (Å²) in [5.41, 5.74) is 3.76. The van der Waals surface area contributed by atoms with Crippen molar-refractivity contribution in [2.75, 3.05) is 7.11 Å². The van der Waals surface area contributed by atoms with Crippen molar-refractivity contribution in [3.8, 4) is 11.4 Å². The molecule has 0 spiro atoms. The van der Waals surface area contributed by atoms with Gasteiger partial charge in [-0.15, -0.1) is 0 Å². The Kier molecular flexibility index (Phi) is 4.81. The van der Waals surface area contributed by atoms with Crippen molar-refractivity contribution < 1.29 is 4.74 Å². The lowest BCUT2D eigenvalue weighted by Crippen LogP contribution is -1.94. The van der Waals surface area contributed by atoms with Gasteiger partial charge in [0.25, 0.3) is 0 Å². The monoisotopic (exact) mass is 303 g/mol. The van der Waals surface area contributed by atoms with Gasteiger partial charge in [0, 0.05) is 11.9 Å². The summed E-state index contributed by atoms with van der Waals surface area (Å²) in [5, 5.41) is 0.453. The lowest BCUT2D eigenvalue weighted by atomic mass is 10.3. The SMILES string of the molecule is CC.COc1ccc(-n2cc(C)c3ncnc(Cl)c32)cc1. The van der Waals surface area contributed by atoms with Gasteiger partial charge in [0.2, 0.25) is 0 Å². The largest absolute Gasteiger partial charge is 0.497 e. The first-order valence-corrected chi connectivity index (χ1v) is 7.21. The van der Waals surface area contributed by atoms with E-state index in [1.165, 1.54) is 6.33 Å². The highest BCUT2D eigenvalue weighted by atomic mass is 35.5. The third kappa shape index (κ3) is 2.85. The van der Waals surface area contributed by atoms with Crippen LogP contribution in [0.4, 0.5) is 0 Å². The number of methoxy groups -OCH3 is 1. The van der Waals surface area contributed by atoms with Gasteiger partial charge >= 0.3 is 0 Å². The Labute approximate surface area is 129 Å². The molecule has 3 aromatic rings. The lowest BCUT2D eigenvalue weighted by Gasteiger charge is -2.07. The molecule has 5 heteroatoms. The number of hydrogen-bond acceptors (Lipinski definition) is 3. The molecule has 0 amide bonds. The van der Waals surface area contributed by atoms with E-state index in [2.05, 4.69) is 9.97 Å². The molecule has 3 rings (SSSR count). The lowest BCUT2D eigenvalue weighted by molar-refractivity contribution is 0.415. The number of hydrogen-bond donors (Lipinski definition) is 0. The fourth-order valence-electron chi connectivity index (χ4n) is 2.13. The molecule has 2 aromatic heterocycles. The molecule has 1 aromatic carbocycles. The van der Waals surface area contributed by atoms with Gasteiger partial charge in [-0.1, -0.05) is 25.4 Å². The van der Waals surface area contributed by atoms with Gasteiger partial charge in [-0.2, -0.15) is 0 Å². The number of halogens is 1. The summed E-state index contributed by atoms with van der Waals surface area (Å²) in [6.45, 7) is 6.01. The van der Waals surface area contributed by atoms with E-state index in [1.807, 2.05) is 55.8 Å². The van der Waals surface area contributed by atoms with Crippen LogP contribution in [0.2, 0.25) is 5.15 Å². The zero-order valence-corrected chi connectivity index (χ0v) is 13.3. The smallest absolute Gasteiger partial charge is 0.157 e. The van der Waals surface area contributed by atoms with Crippen LogP contribution >= 0.6 is 11.6 Å². The highest BCUT2D eigenvalue weighted by Crippen LogP contribution is 2.27. The maximum atomic E-state index is 6.19. The van der Waals surface area contributed by atoms with E-state index >= 15 is 0 Å². The molecule has 0 N–H and O–H groups in total. The minimum absolute atomic E-state index is 0.453. The Hall–Kier alpha value is -2.07. The van der Waals surface area contributed by atoms with Crippen LogP contribution in [0.5, 0.6) is 5.75 Å². The maximum absolute atomic E-state index is 6.19. The van der Waals surface area contributed by atoms with Crippen LogP contribution in [0.25, 0.3) is 16.7 Å². The number of benzene rings is 1. The van der Waals surface area contributed by atoms with Crippen LogP contribution in [-0.2, 0) is 0 Å². The zero-order chi connectivity index (χ0) is 15.4. The molecule has 0 aliphatic carbocycles. The first-order valence-electron chi connectivity index (χ1n) is 6.83. The van der Waals surface area contributed by atoms with Crippen molar-refractivity contribution in [1.29, 1.82) is 0 Å². The predicted octanol–water partition coefficient (Wildman–Crippen LogP) is 4.42. The molecule has 4 nitrogen and oxygen atoms in total. The standard InChI is InChI=1S/C14H12ClN3O.C2H6/c1-9-7-18(10-3-5-11(19-2)6-4-10)13-12(9)16-8-17-14(13)15;1-2/h3-8H,1-2H3;1-2H3. The Balaban J connectivity index is 0.000000774. The van der Waals surface area contributed by atoms with E-state index in [4.69, 9.17) is 16.3 Å². The second-order valence-corrected chi connectivity index (χ2v) is 4.60. The summed E-state index contributed by atoms with van der Waals surface area (Å²) in [4.78, 5) is 8.33. The molecule has 0 bridgehead atoms. The summed E-state index contributed by atoms with van der Waals surface area (Å²) in [6, 6.07) is 7.77. The summed E-state index contributed by atoms with van der Waals surface area (Å²) in [5.74, 6) is 0.819. The fraction of sp³-hybridized carbons (Fsp3) is 0.250. The number of nitrogens with zero attached hydrogens (tertiary/aromatic N) is 3. The molecule has 0 fully saturated rings. The fourth-order valence-corrected chi connectivity index (χ4v) is 2.35. The zero-order valence-electron chi connectivity index (χ0n) is 12.6. The molecule has 0 aliphatic rings. The van der Waals surface area contributed by atoms with Crippen molar-refractivity contribution in [3.63, 3.8) is 0 Å². The van der Waals surface area contributed by atoms with E-state index < -0.39 is 0 Å². The summed E-state index contributed by atoms with van der Waals surface area (Å²) < 4.78 is 7.15. The highest BCUT2D eigenvalue weighted by molar-refractivity contribution is 6.33. The van der Waals surface area contributed by atoms with Crippen LogP contribution in [0.15, 0.2) is 36.8 Å². The molecule has 21 heavy (non-hydrogen) atoms. The number of fused-ring (bicyclic) bond motifs is 1. The third-order valence-corrected chi connectivity index (χ3v) is 3.34. The number of aromatic nitrogens is 3. The van der Waals surface area contributed by atoms with Gasteiger partial charge < -0.3 is 9.30 Å². The van der Waals surface area contributed by atoms with E-state index in [1.54, 1.807) is 7.11 Å². The van der Waals surface area contributed by atoms with Crippen LogP contribution in [-0.4, -0.2) is 21.6 Å². The minimum Gasteiger partial charge on any atom is -0.497 e. The van der Waals surface area contributed by atoms with Gasteiger partial charge in [-0.05, 0) is 36.8 Å². The molecule has 0 saturated carbocycles. The minimum atomic E-state index is 0.453. The van der Waals surface area contributed by atoms with E-state index in [0.29, 0.717) is 5.15 Å². The normalized spacial score (nSPS) is 10.1. The van der Waals surface area contributed by atoms with Crippen molar-refractivity contribution in [2.45, 2.75) is 20.8 Å². The molecule has 2 heterocycles. The van der Waals surface area contributed by atoms with Crippen LogP contribution in [0.3, 0.4) is 0 Å². The van der Waals surface area contributed by atoms with Gasteiger partial charge in [-0.3, -0.25) is 0 Å². The maximum Gasteiger partial charge on any atom is 0.157 e. The van der Waals surface area contributed by atoms with Crippen molar-refractivity contribution in [3.05, 3.63) is 47.5 Å². The molecule has 0 saturated heterocycles. The molecular formula is C16H18ClN3O. The number of aryl methyl sites for hydroxylation is 1. The molecular weight excluding hydrogens is 286 g/mol. The number of ether oxygens (including phenoxy) is 1. The molecule has 110 valence electrons. The number of rotatable bonds is 2. The molecule has 0 radical (unpaired) electrons. The molecule has 0 unspecified atom stereocenters. The second kappa shape index (κ2) is 6.59. The topological polar surface area (TPSA) is 39.9 Å². The van der Waals surface area contributed by atoms with Crippen LogP contribution in [0.1, 0.15) is 19.4 Å². The van der Waals surface area contributed by atoms with Gasteiger partial charge in [0.15, 0.2) is 5.15 Å². The average molecular weight is 304 g/mol. The second-order valence-electron chi connectivity index (χ2n) is 4.24. The summed E-state index contributed by atoms with van der Waals surface area (Å²) >= 11 is 6.19. The van der Waals surface area contributed by atoms with Gasteiger partial charge in [0.05, 0.1) is 12.6 Å². The van der Waals surface area contributed by atoms with Gasteiger partial charge in [0.1, 0.15) is 17.6 Å². The summed E-state index contributed by atoms with van der Waals surface area (Å²) in [7, 11) is 1.65. The Morgan fingerprint density at radius 1 is 1.10 bits per heavy atom. The summed E-state index contributed by atoms with van der Waals surface area (Å²) in [6.07, 6.45) is 3.49. The van der Waals surface area contributed by atoms with Crippen LogP contribution in [0, 0.1) is 6.92 Å². The third-order valence-electron chi connectivity index (χ3n) is 3.07. The van der Waals surface area contributed by atoms with Crippen molar-refractivity contribution in [2.24, 2.45) is 0 Å². The Morgan fingerprint density at radius 3 is 2.38 bits per heavy atom.